The van der Waals surface area contributed by atoms with Gasteiger partial charge in [0.25, 0.3) is 0 Å². The summed E-state index contributed by atoms with van der Waals surface area (Å²) in [6.45, 7) is 3.68. The molecule has 24 heavy (non-hydrogen) atoms. The van der Waals surface area contributed by atoms with Crippen LogP contribution in [0.3, 0.4) is 0 Å². The van der Waals surface area contributed by atoms with Gasteiger partial charge in [0.1, 0.15) is 0 Å². The van der Waals surface area contributed by atoms with Gasteiger partial charge >= 0.3 is 51.4 Å². The molecular formula is C19H36KNO3. The molecule has 0 fully saturated rings. The smallest absolute Gasteiger partial charge is 0.548 e. The fourth-order valence-corrected chi connectivity index (χ4v) is 2.68. The van der Waals surface area contributed by atoms with Crippen molar-refractivity contribution in [3.63, 3.8) is 0 Å². The molecule has 1 N–H and O–H groups in total. The maximum absolute atomic E-state index is 11.5. The zero-order valence-corrected chi connectivity index (χ0v) is 19.3. The molecule has 0 bridgehead atoms. The average Bonchev–Trinajstić information content (AvgIpc) is 2.51. The molecule has 5 heteroatoms. The second-order valence-corrected chi connectivity index (χ2v) is 6.60. The Hall–Kier alpha value is 0.576. The summed E-state index contributed by atoms with van der Waals surface area (Å²) in [7, 11) is 0. The SMILES string of the molecule is CCCCCCCCCCCCCCCC(=O)N[C@@H](C)C(=O)[O-].[K+]. The maximum Gasteiger partial charge on any atom is 1.00 e. The van der Waals surface area contributed by atoms with Crippen molar-refractivity contribution in [2.45, 2.75) is 110 Å². The Kier molecular flexibility index (Phi) is 22.2. The topological polar surface area (TPSA) is 69.2 Å². The third-order valence-corrected chi connectivity index (χ3v) is 4.24. The number of carboxylic acid groups (broad SMARTS) is 1. The molecule has 1 amide bonds. The summed E-state index contributed by atoms with van der Waals surface area (Å²) in [5.74, 6) is -1.42. The first-order chi connectivity index (χ1) is 11.1. The second kappa shape index (κ2) is 19.9. The molecule has 0 saturated heterocycles. The van der Waals surface area contributed by atoms with E-state index in [1.165, 1.54) is 77.6 Å². The standard InChI is InChI=1S/C19H37NO3.K/c1-3-4-5-6-7-8-9-10-11-12-13-14-15-16-18(21)20-17(2)19(22)23;/h17H,3-16H2,1-2H3,(H,20,21)(H,22,23);/q;+1/p-1/t17-;/m0./s1. The number of hydrogen-bond acceptors (Lipinski definition) is 3. The largest absolute Gasteiger partial charge is 1.00 e. The average molecular weight is 366 g/mol. The van der Waals surface area contributed by atoms with Gasteiger partial charge in [-0.25, -0.2) is 0 Å². The van der Waals surface area contributed by atoms with Crippen molar-refractivity contribution in [1.82, 2.24) is 5.32 Å². The fraction of sp³-hybridized carbons (Fsp3) is 0.895. The Bertz CT molecular complexity index is 311. The molecular weight excluding hydrogens is 329 g/mol. The van der Waals surface area contributed by atoms with Crippen LogP contribution in [0.5, 0.6) is 0 Å². The molecule has 4 nitrogen and oxygen atoms in total. The van der Waals surface area contributed by atoms with Gasteiger partial charge in [-0.1, -0.05) is 84.0 Å². The third-order valence-electron chi connectivity index (χ3n) is 4.24. The number of carbonyl (C=O) groups is 2. The zero-order valence-electron chi connectivity index (χ0n) is 16.2. The van der Waals surface area contributed by atoms with Crippen LogP contribution in [0, 0.1) is 0 Å². The number of carbonyl (C=O) groups excluding carboxylic acids is 2. The molecule has 0 unspecified atom stereocenters. The van der Waals surface area contributed by atoms with Crippen LogP contribution in [-0.2, 0) is 9.59 Å². The zero-order chi connectivity index (χ0) is 17.3. The minimum Gasteiger partial charge on any atom is -0.548 e. The van der Waals surface area contributed by atoms with Crippen molar-refractivity contribution in [2.24, 2.45) is 0 Å². The summed E-state index contributed by atoms with van der Waals surface area (Å²) < 4.78 is 0. The summed E-state index contributed by atoms with van der Waals surface area (Å²) in [5.41, 5.74) is 0. The predicted molar refractivity (Wildman–Crippen MR) is 92.9 cm³/mol. The minimum atomic E-state index is -1.23. The van der Waals surface area contributed by atoms with E-state index >= 15 is 0 Å². The number of carboxylic acids is 1. The first kappa shape index (κ1) is 26.8. The van der Waals surface area contributed by atoms with Crippen molar-refractivity contribution < 1.29 is 66.1 Å². The van der Waals surface area contributed by atoms with E-state index in [0.717, 1.165) is 12.8 Å². The Balaban J connectivity index is 0. The molecule has 0 aromatic carbocycles. The van der Waals surface area contributed by atoms with E-state index in [0.29, 0.717) is 6.42 Å². The molecule has 0 aliphatic carbocycles. The van der Waals surface area contributed by atoms with E-state index in [9.17, 15) is 14.7 Å². The molecule has 0 aromatic rings. The minimum absolute atomic E-state index is 0. The van der Waals surface area contributed by atoms with Crippen molar-refractivity contribution in [2.75, 3.05) is 0 Å². The Morgan fingerprint density at radius 1 is 0.792 bits per heavy atom. The summed E-state index contributed by atoms with van der Waals surface area (Å²) in [4.78, 5) is 22.0. The molecule has 0 heterocycles. The van der Waals surface area contributed by atoms with Crippen molar-refractivity contribution in [3.05, 3.63) is 0 Å². The van der Waals surface area contributed by atoms with E-state index in [1.54, 1.807) is 0 Å². The summed E-state index contributed by atoms with van der Waals surface area (Å²) in [5, 5.41) is 12.9. The van der Waals surface area contributed by atoms with Crippen LogP contribution in [0.4, 0.5) is 0 Å². The van der Waals surface area contributed by atoms with Crippen LogP contribution in [0.15, 0.2) is 0 Å². The number of hydrogen-bond donors (Lipinski definition) is 1. The van der Waals surface area contributed by atoms with Crippen LogP contribution < -0.4 is 61.8 Å². The molecule has 0 rings (SSSR count). The van der Waals surface area contributed by atoms with Crippen LogP contribution in [0.2, 0.25) is 0 Å². The molecule has 136 valence electrons. The number of amides is 1. The molecule has 0 aliphatic heterocycles. The van der Waals surface area contributed by atoms with Crippen molar-refractivity contribution >= 4 is 11.9 Å². The fourth-order valence-electron chi connectivity index (χ4n) is 2.68. The molecule has 0 spiro atoms. The second-order valence-electron chi connectivity index (χ2n) is 6.60. The van der Waals surface area contributed by atoms with Gasteiger partial charge in [-0.15, -0.1) is 0 Å². The molecule has 0 aliphatic rings. The number of nitrogens with one attached hydrogen (secondary N) is 1. The van der Waals surface area contributed by atoms with E-state index in [2.05, 4.69) is 12.2 Å². The monoisotopic (exact) mass is 365 g/mol. The van der Waals surface area contributed by atoms with Crippen molar-refractivity contribution in [1.29, 1.82) is 0 Å². The van der Waals surface area contributed by atoms with Gasteiger partial charge in [-0.05, 0) is 13.3 Å². The van der Waals surface area contributed by atoms with Gasteiger partial charge < -0.3 is 15.2 Å². The predicted octanol–water partition coefficient (Wildman–Crippen LogP) is 0.726. The summed E-state index contributed by atoms with van der Waals surface area (Å²) >= 11 is 0. The number of rotatable bonds is 16. The molecule has 1 atom stereocenters. The summed E-state index contributed by atoms with van der Waals surface area (Å²) in [6.07, 6.45) is 16.9. The van der Waals surface area contributed by atoms with Gasteiger partial charge in [0.2, 0.25) is 5.91 Å². The third kappa shape index (κ3) is 18.9. The van der Waals surface area contributed by atoms with Crippen LogP contribution >= 0.6 is 0 Å². The van der Waals surface area contributed by atoms with Crippen LogP contribution in [-0.4, -0.2) is 17.9 Å². The number of unbranched alkanes of at least 4 members (excludes halogenated alkanes) is 12. The van der Waals surface area contributed by atoms with Gasteiger partial charge in [0.15, 0.2) is 0 Å². The van der Waals surface area contributed by atoms with Gasteiger partial charge in [0.05, 0.1) is 12.0 Å². The van der Waals surface area contributed by atoms with Crippen LogP contribution in [0.25, 0.3) is 0 Å². The number of aliphatic carboxylic acids is 1. The van der Waals surface area contributed by atoms with E-state index < -0.39 is 12.0 Å². The molecule has 0 radical (unpaired) electrons. The Morgan fingerprint density at radius 3 is 1.54 bits per heavy atom. The summed E-state index contributed by atoms with van der Waals surface area (Å²) in [6, 6.07) is -0.899. The van der Waals surface area contributed by atoms with Crippen LogP contribution in [0.1, 0.15) is 104 Å². The molecule has 0 saturated carbocycles. The quantitative estimate of drug-likeness (QED) is 0.324. The van der Waals surface area contributed by atoms with Gasteiger partial charge in [-0.2, -0.15) is 0 Å². The van der Waals surface area contributed by atoms with E-state index in [-0.39, 0.29) is 57.3 Å². The Morgan fingerprint density at radius 2 is 1.17 bits per heavy atom. The van der Waals surface area contributed by atoms with E-state index in [4.69, 9.17) is 0 Å². The van der Waals surface area contributed by atoms with Gasteiger partial charge in [0, 0.05) is 6.42 Å². The van der Waals surface area contributed by atoms with Gasteiger partial charge in [-0.3, -0.25) is 4.79 Å². The van der Waals surface area contributed by atoms with E-state index in [1.807, 2.05) is 0 Å². The normalized spacial score (nSPS) is 11.6. The molecule has 0 aromatic heterocycles. The first-order valence-electron chi connectivity index (χ1n) is 9.58. The van der Waals surface area contributed by atoms with Crippen molar-refractivity contribution in [3.8, 4) is 0 Å². The Labute approximate surface area is 191 Å². The maximum atomic E-state index is 11.5. The first-order valence-corrected chi connectivity index (χ1v) is 9.58.